The molecule has 15 heavy (non-hydrogen) atoms. The lowest BCUT2D eigenvalue weighted by Gasteiger charge is -2.12. The van der Waals surface area contributed by atoms with Crippen molar-refractivity contribution >= 4 is 0 Å². The van der Waals surface area contributed by atoms with Crippen molar-refractivity contribution in [3.63, 3.8) is 0 Å². The lowest BCUT2D eigenvalue weighted by molar-refractivity contribution is -0.140. The Hall–Kier alpha value is -1.10. The third kappa shape index (κ3) is 2.68. The van der Waals surface area contributed by atoms with Crippen LogP contribution >= 0.6 is 0 Å². The summed E-state index contributed by atoms with van der Waals surface area (Å²) in [6, 6.07) is 2.35. The van der Waals surface area contributed by atoms with Crippen LogP contribution < -0.4 is 5.73 Å². The standard InChI is InChI=1S/C10H11F4N/c1-2-9(15)6-3-4-7(8(11)5-6)10(12,13)14/h3-5,9H,2,15H2,1H3/t9-/m0/s1. The van der Waals surface area contributed by atoms with Crippen molar-refractivity contribution in [1.82, 2.24) is 0 Å². The van der Waals surface area contributed by atoms with Gasteiger partial charge in [-0.05, 0) is 24.1 Å². The second-order valence-corrected chi connectivity index (χ2v) is 3.25. The molecule has 0 heterocycles. The second kappa shape index (κ2) is 4.18. The molecule has 0 saturated carbocycles. The van der Waals surface area contributed by atoms with Gasteiger partial charge in [-0.15, -0.1) is 0 Å². The van der Waals surface area contributed by atoms with Gasteiger partial charge in [0.2, 0.25) is 0 Å². The summed E-state index contributed by atoms with van der Waals surface area (Å²) in [6.45, 7) is 1.78. The highest BCUT2D eigenvalue weighted by Gasteiger charge is 2.34. The summed E-state index contributed by atoms with van der Waals surface area (Å²) in [7, 11) is 0. The predicted molar refractivity (Wildman–Crippen MR) is 48.6 cm³/mol. The summed E-state index contributed by atoms with van der Waals surface area (Å²) < 4.78 is 49.6. The molecule has 0 spiro atoms. The molecule has 0 radical (unpaired) electrons. The second-order valence-electron chi connectivity index (χ2n) is 3.25. The van der Waals surface area contributed by atoms with E-state index in [2.05, 4.69) is 0 Å². The first-order chi connectivity index (χ1) is 6.86. The van der Waals surface area contributed by atoms with Crippen LogP contribution in [0.1, 0.15) is 30.5 Å². The van der Waals surface area contributed by atoms with Crippen LogP contribution in [0.4, 0.5) is 17.6 Å². The maximum Gasteiger partial charge on any atom is 0.419 e. The quantitative estimate of drug-likeness (QED) is 0.762. The lowest BCUT2D eigenvalue weighted by Crippen LogP contribution is -2.12. The number of halogens is 4. The molecule has 2 N–H and O–H groups in total. The van der Waals surface area contributed by atoms with Gasteiger partial charge in [-0.2, -0.15) is 13.2 Å². The van der Waals surface area contributed by atoms with Crippen LogP contribution in [0.15, 0.2) is 18.2 Å². The highest BCUT2D eigenvalue weighted by Crippen LogP contribution is 2.32. The normalized spacial score (nSPS) is 14.0. The minimum Gasteiger partial charge on any atom is -0.324 e. The molecule has 5 heteroatoms. The van der Waals surface area contributed by atoms with Gasteiger partial charge in [0, 0.05) is 6.04 Å². The first-order valence-corrected chi connectivity index (χ1v) is 4.48. The monoisotopic (exact) mass is 221 g/mol. The van der Waals surface area contributed by atoms with Gasteiger partial charge in [0.1, 0.15) is 5.82 Å². The van der Waals surface area contributed by atoms with Crippen molar-refractivity contribution in [1.29, 1.82) is 0 Å². The Morgan fingerprint density at radius 1 is 1.33 bits per heavy atom. The topological polar surface area (TPSA) is 26.0 Å². The summed E-state index contributed by atoms with van der Waals surface area (Å²) in [5.74, 6) is -1.27. The van der Waals surface area contributed by atoms with Crippen molar-refractivity contribution in [2.45, 2.75) is 25.6 Å². The third-order valence-corrected chi connectivity index (χ3v) is 2.17. The fourth-order valence-electron chi connectivity index (χ4n) is 1.23. The average molecular weight is 221 g/mol. The Morgan fingerprint density at radius 3 is 2.33 bits per heavy atom. The molecule has 0 aliphatic carbocycles. The van der Waals surface area contributed by atoms with Crippen LogP contribution in [0.2, 0.25) is 0 Å². The summed E-state index contributed by atoms with van der Waals surface area (Å²) in [5, 5.41) is 0. The smallest absolute Gasteiger partial charge is 0.324 e. The Labute approximate surface area is 84.9 Å². The Balaban J connectivity index is 3.09. The van der Waals surface area contributed by atoms with Crippen LogP contribution in [-0.2, 0) is 6.18 Å². The van der Waals surface area contributed by atoms with E-state index in [9.17, 15) is 17.6 Å². The molecule has 1 rings (SSSR count). The van der Waals surface area contributed by atoms with Crippen molar-refractivity contribution in [3.8, 4) is 0 Å². The summed E-state index contributed by atoms with van der Waals surface area (Å²) in [6.07, 6.45) is -4.11. The molecule has 0 aliphatic heterocycles. The zero-order valence-corrected chi connectivity index (χ0v) is 8.11. The Morgan fingerprint density at radius 2 is 1.93 bits per heavy atom. The fourth-order valence-corrected chi connectivity index (χ4v) is 1.23. The highest BCUT2D eigenvalue weighted by molar-refractivity contribution is 5.28. The van der Waals surface area contributed by atoms with Gasteiger partial charge in [-0.1, -0.05) is 13.0 Å². The van der Waals surface area contributed by atoms with Crippen LogP contribution in [0.25, 0.3) is 0 Å². The maximum absolute atomic E-state index is 13.1. The van der Waals surface area contributed by atoms with Gasteiger partial charge in [0.25, 0.3) is 0 Å². The van der Waals surface area contributed by atoms with E-state index in [1.54, 1.807) is 6.92 Å². The lowest BCUT2D eigenvalue weighted by atomic mass is 10.0. The predicted octanol–water partition coefficient (Wildman–Crippen LogP) is 3.25. The SMILES string of the molecule is CC[C@H](N)c1ccc(C(F)(F)F)c(F)c1. The molecule has 0 unspecified atom stereocenters. The molecule has 1 atom stereocenters. The number of alkyl halides is 3. The maximum atomic E-state index is 13.1. The van der Waals surface area contributed by atoms with E-state index in [1.165, 1.54) is 6.07 Å². The largest absolute Gasteiger partial charge is 0.419 e. The van der Waals surface area contributed by atoms with E-state index in [0.717, 1.165) is 12.1 Å². The minimum atomic E-state index is -4.65. The van der Waals surface area contributed by atoms with Gasteiger partial charge >= 0.3 is 6.18 Å². The van der Waals surface area contributed by atoms with Gasteiger partial charge < -0.3 is 5.73 Å². The third-order valence-electron chi connectivity index (χ3n) is 2.17. The average Bonchev–Trinajstić information content (AvgIpc) is 2.14. The molecule has 0 fully saturated rings. The number of benzene rings is 1. The first kappa shape index (κ1) is 12.0. The molecule has 0 bridgehead atoms. The molecule has 0 saturated heterocycles. The van der Waals surface area contributed by atoms with Gasteiger partial charge in [-0.25, -0.2) is 4.39 Å². The zero-order chi connectivity index (χ0) is 11.6. The fraction of sp³-hybridized carbons (Fsp3) is 0.400. The van der Waals surface area contributed by atoms with Crippen molar-refractivity contribution in [2.75, 3.05) is 0 Å². The minimum absolute atomic E-state index is 0.378. The van der Waals surface area contributed by atoms with Crippen LogP contribution in [0.3, 0.4) is 0 Å². The van der Waals surface area contributed by atoms with E-state index < -0.39 is 23.6 Å². The van der Waals surface area contributed by atoms with E-state index in [4.69, 9.17) is 5.73 Å². The number of nitrogens with two attached hydrogens (primary N) is 1. The molecule has 1 aromatic rings. The summed E-state index contributed by atoms with van der Waals surface area (Å²) >= 11 is 0. The molecule has 1 aromatic carbocycles. The molecule has 0 amide bonds. The highest BCUT2D eigenvalue weighted by atomic mass is 19.4. The molecule has 84 valence electrons. The Bertz CT molecular complexity index is 346. The Kier molecular flexibility index (Phi) is 3.34. The summed E-state index contributed by atoms with van der Waals surface area (Å²) in [5.41, 5.74) is 4.70. The molecule has 0 aromatic heterocycles. The number of rotatable bonds is 2. The van der Waals surface area contributed by atoms with E-state index in [0.29, 0.717) is 12.0 Å². The van der Waals surface area contributed by atoms with Crippen LogP contribution in [-0.4, -0.2) is 0 Å². The molecular formula is C10H11F4N. The number of hydrogen-bond acceptors (Lipinski definition) is 1. The summed E-state index contributed by atoms with van der Waals surface area (Å²) in [4.78, 5) is 0. The van der Waals surface area contributed by atoms with Gasteiger partial charge in [0.15, 0.2) is 0 Å². The number of hydrogen-bond donors (Lipinski definition) is 1. The van der Waals surface area contributed by atoms with Crippen LogP contribution in [0, 0.1) is 5.82 Å². The van der Waals surface area contributed by atoms with E-state index in [1.807, 2.05) is 0 Å². The van der Waals surface area contributed by atoms with Crippen molar-refractivity contribution < 1.29 is 17.6 Å². The van der Waals surface area contributed by atoms with E-state index >= 15 is 0 Å². The molecular weight excluding hydrogens is 210 g/mol. The van der Waals surface area contributed by atoms with Crippen LogP contribution in [0.5, 0.6) is 0 Å². The van der Waals surface area contributed by atoms with Crippen molar-refractivity contribution in [3.05, 3.63) is 35.1 Å². The van der Waals surface area contributed by atoms with Crippen molar-refractivity contribution in [2.24, 2.45) is 5.73 Å². The molecule has 0 aliphatic rings. The van der Waals surface area contributed by atoms with Gasteiger partial charge in [-0.3, -0.25) is 0 Å². The zero-order valence-electron chi connectivity index (χ0n) is 8.11. The molecule has 1 nitrogen and oxygen atoms in total. The van der Waals surface area contributed by atoms with Gasteiger partial charge in [0.05, 0.1) is 5.56 Å². The van der Waals surface area contributed by atoms with E-state index in [-0.39, 0.29) is 0 Å². The first-order valence-electron chi connectivity index (χ1n) is 4.48.